The summed E-state index contributed by atoms with van der Waals surface area (Å²) in [4.78, 5) is 24.8. The van der Waals surface area contributed by atoms with Gasteiger partial charge in [0.05, 0.1) is 23.2 Å². The molecule has 1 saturated heterocycles. The molecule has 8 nitrogen and oxygen atoms in total. The smallest absolute Gasteiger partial charge is 0.243 e. The highest BCUT2D eigenvalue weighted by Crippen LogP contribution is 2.29. The van der Waals surface area contributed by atoms with Crippen LogP contribution in [-0.4, -0.2) is 65.9 Å². The van der Waals surface area contributed by atoms with Gasteiger partial charge in [-0.05, 0) is 67.6 Å². The second-order valence-electron chi connectivity index (χ2n) is 10.3. The van der Waals surface area contributed by atoms with Gasteiger partial charge >= 0.3 is 0 Å². The minimum absolute atomic E-state index is 0.0256. The number of sulfonamides is 1. The SMILES string of the molecule is CC(C)CN(CCO)c1nc(CCC(=O)[C@@H]2CCCN2S(=O)(=O)c2ccc(F)cc2)cc(-c2ccc(Br)cc2)n1. The van der Waals surface area contributed by atoms with Crippen LogP contribution in [0, 0.1) is 11.7 Å². The van der Waals surface area contributed by atoms with Crippen molar-refractivity contribution < 1.29 is 22.7 Å². The number of rotatable bonds is 12. The van der Waals surface area contributed by atoms with E-state index in [2.05, 4.69) is 29.8 Å². The lowest BCUT2D eigenvalue weighted by Gasteiger charge is -2.25. The maximum absolute atomic E-state index is 13.4. The van der Waals surface area contributed by atoms with Crippen molar-refractivity contribution in [1.29, 1.82) is 0 Å². The third kappa shape index (κ3) is 7.31. The second kappa shape index (κ2) is 13.3. The molecule has 0 amide bonds. The highest BCUT2D eigenvalue weighted by molar-refractivity contribution is 9.10. The molecule has 1 atom stereocenters. The summed E-state index contributed by atoms with van der Waals surface area (Å²) in [5.41, 5.74) is 2.25. The normalized spacial score (nSPS) is 16.0. The molecule has 2 aromatic carbocycles. The Morgan fingerprint density at radius 3 is 2.50 bits per heavy atom. The molecule has 1 aliphatic heterocycles. The fourth-order valence-corrected chi connectivity index (χ4v) is 6.81. The Labute approximate surface area is 243 Å². The largest absolute Gasteiger partial charge is 0.395 e. The van der Waals surface area contributed by atoms with Crippen LogP contribution in [0.4, 0.5) is 10.3 Å². The van der Waals surface area contributed by atoms with E-state index in [-0.39, 0.29) is 30.3 Å². The monoisotopic (exact) mass is 632 g/mol. The molecule has 1 N–H and O–H groups in total. The average molecular weight is 634 g/mol. The number of anilines is 1. The topological polar surface area (TPSA) is 104 Å². The van der Waals surface area contributed by atoms with Gasteiger partial charge in [0.15, 0.2) is 5.78 Å². The summed E-state index contributed by atoms with van der Waals surface area (Å²) in [7, 11) is -3.93. The number of ketones is 1. The van der Waals surface area contributed by atoms with Crippen molar-refractivity contribution in [3.8, 4) is 11.3 Å². The molecule has 0 unspecified atom stereocenters. The molecule has 0 radical (unpaired) electrons. The van der Waals surface area contributed by atoms with Crippen LogP contribution in [-0.2, 0) is 21.2 Å². The zero-order valence-electron chi connectivity index (χ0n) is 22.6. The van der Waals surface area contributed by atoms with Gasteiger partial charge < -0.3 is 10.0 Å². The van der Waals surface area contributed by atoms with Gasteiger partial charge in [0.1, 0.15) is 5.82 Å². The number of Topliss-reactive ketones (excluding diaryl/α,β-unsaturated/α-hetero) is 1. The van der Waals surface area contributed by atoms with Gasteiger partial charge in [-0.25, -0.2) is 22.8 Å². The van der Waals surface area contributed by atoms with E-state index in [0.29, 0.717) is 55.6 Å². The fraction of sp³-hybridized carbons (Fsp3) is 0.414. The number of benzene rings is 2. The molecule has 0 saturated carbocycles. The molecule has 1 aliphatic rings. The van der Waals surface area contributed by atoms with Crippen LogP contribution in [0.25, 0.3) is 11.3 Å². The summed E-state index contributed by atoms with van der Waals surface area (Å²) in [5, 5.41) is 9.66. The van der Waals surface area contributed by atoms with Crippen LogP contribution in [0.3, 0.4) is 0 Å². The highest BCUT2D eigenvalue weighted by atomic mass is 79.9. The Morgan fingerprint density at radius 1 is 1.15 bits per heavy atom. The van der Waals surface area contributed by atoms with Crippen molar-refractivity contribution in [1.82, 2.24) is 14.3 Å². The van der Waals surface area contributed by atoms with E-state index in [9.17, 15) is 22.7 Å². The average Bonchev–Trinajstić information content (AvgIpc) is 3.43. The van der Waals surface area contributed by atoms with Crippen molar-refractivity contribution in [3.05, 3.63) is 70.6 Å². The molecule has 1 aromatic heterocycles. The van der Waals surface area contributed by atoms with Gasteiger partial charge in [0, 0.05) is 41.8 Å². The van der Waals surface area contributed by atoms with Gasteiger partial charge in [-0.1, -0.05) is 41.9 Å². The van der Waals surface area contributed by atoms with Crippen LogP contribution in [0.5, 0.6) is 0 Å². The molecule has 1 fully saturated rings. The molecule has 214 valence electrons. The zero-order valence-corrected chi connectivity index (χ0v) is 25.0. The minimum Gasteiger partial charge on any atom is -0.395 e. The first-order chi connectivity index (χ1) is 19.1. The van der Waals surface area contributed by atoms with E-state index in [4.69, 9.17) is 9.97 Å². The summed E-state index contributed by atoms with van der Waals surface area (Å²) < 4.78 is 42.0. The van der Waals surface area contributed by atoms with Crippen molar-refractivity contribution in [2.24, 2.45) is 5.92 Å². The quantitative estimate of drug-likeness (QED) is 0.304. The summed E-state index contributed by atoms with van der Waals surface area (Å²) in [6.07, 6.45) is 1.44. The first kappa shape index (κ1) is 30.2. The van der Waals surface area contributed by atoms with Crippen LogP contribution >= 0.6 is 15.9 Å². The van der Waals surface area contributed by atoms with E-state index in [0.717, 1.165) is 22.2 Å². The Balaban J connectivity index is 1.58. The van der Waals surface area contributed by atoms with E-state index in [1.54, 1.807) is 0 Å². The summed E-state index contributed by atoms with van der Waals surface area (Å²) in [5.74, 6) is 0.0912. The number of hydrogen-bond donors (Lipinski definition) is 1. The Kier molecular flexibility index (Phi) is 10.0. The summed E-state index contributed by atoms with van der Waals surface area (Å²) in [6, 6.07) is 13.5. The Morgan fingerprint density at radius 2 is 1.85 bits per heavy atom. The molecule has 11 heteroatoms. The number of carbonyl (C=O) groups is 1. The number of halogens is 2. The summed E-state index contributed by atoms with van der Waals surface area (Å²) in [6.45, 7) is 5.38. The van der Waals surface area contributed by atoms with Crippen molar-refractivity contribution >= 4 is 37.7 Å². The zero-order chi connectivity index (χ0) is 28.9. The van der Waals surface area contributed by atoms with Crippen LogP contribution < -0.4 is 4.90 Å². The number of aliphatic hydroxyl groups excluding tert-OH is 1. The number of aryl methyl sites for hydroxylation is 1. The van der Waals surface area contributed by atoms with Gasteiger partial charge in [-0.15, -0.1) is 0 Å². The number of carbonyl (C=O) groups excluding carboxylic acids is 1. The van der Waals surface area contributed by atoms with Gasteiger partial charge in [0.25, 0.3) is 0 Å². The molecule has 2 heterocycles. The number of hydrogen-bond acceptors (Lipinski definition) is 7. The molecular weight excluding hydrogens is 599 g/mol. The predicted octanol–water partition coefficient (Wildman–Crippen LogP) is 4.85. The number of aliphatic hydroxyl groups is 1. The van der Waals surface area contributed by atoms with E-state index >= 15 is 0 Å². The summed E-state index contributed by atoms with van der Waals surface area (Å²) >= 11 is 3.46. The Hall–Kier alpha value is -2.73. The molecular formula is C29H34BrFN4O4S. The lowest BCUT2D eigenvalue weighted by atomic mass is 10.0. The highest BCUT2D eigenvalue weighted by Gasteiger charge is 2.39. The molecule has 0 bridgehead atoms. The molecule has 3 aromatic rings. The van der Waals surface area contributed by atoms with E-state index < -0.39 is 21.9 Å². The third-order valence-corrected chi connectivity index (χ3v) is 9.22. The number of nitrogens with zero attached hydrogens (tertiary/aromatic N) is 4. The minimum atomic E-state index is -3.93. The maximum Gasteiger partial charge on any atom is 0.243 e. The van der Waals surface area contributed by atoms with Gasteiger partial charge in [-0.2, -0.15) is 4.31 Å². The maximum atomic E-state index is 13.4. The molecule has 4 rings (SSSR count). The van der Waals surface area contributed by atoms with E-state index in [1.807, 2.05) is 35.2 Å². The second-order valence-corrected chi connectivity index (χ2v) is 13.1. The Bertz CT molecular complexity index is 1420. The standard InChI is InChI=1S/C29H34BrFN4O4S/c1-20(2)19-34(16-17-36)29-32-24(18-26(33-29)21-5-7-22(30)8-6-21)11-14-28(37)27-4-3-15-35(27)40(38,39)25-12-9-23(31)10-13-25/h5-10,12-13,18,20,27,36H,3-4,11,14-17,19H2,1-2H3/t27-/m0/s1. The van der Waals surface area contributed by atoms with Crippen LogP contribution in [0.1, 0.15) is 38.8 Å². The van der Waals surface area contributed by atoms with E-state index in [1.165, 1.54) is 16.4 Å². The van der Waals surface area contributed by atoms with Crippen molar-refractivity contribution in [2.45, 2.75) is 50.5 Å². The van der Waals surface area contributed by atoms with Gasteiger partial charge in [0.2, 0.25) is 16.0 Å². The van der Waals surface area contributed by atoms with Crippen LogP contribution in [0.15, 0.2) is 64.0 Å². The lowest BCUT2D eigenvalue weighted by molar-refractivity contribution is -0.122. The molecule has 0 aliphatic carbocycles. The third-order valence-electron chi connectivity index (χ3n) is 6.77. The molecule has 0 spiro atoms. The van der Waals surface area contributed by atoms with Crippen molar-refractivity contribution in [3.63, 3.8) is 0 Å². The van der Waals surface area contributed by atoms with Crippen LogP contribution in [0.2, 0.25) is 0 Å². The first-order valence-electron chi connectivity index (χ1n) is 13.4. The first-order valence-corrected chi connectivity index (χ1v) is 15.6. The fourth-order valence-electron chi connectivity index (χ4n) is 4.87. The molecule has 40 heavy (non-hydrogen) atoms. The lowest BCUT2D eigenvalue weighted by Crippen LogP contribution is -2.40. The predicted molar refractivity (Wildman–Crippen MR) is 156 cm³/mol. The van der Waals surface area contributed by atoms with Crippen molar-refractivity contribution in [2.75, 3.05) is 31.1 Å². The van der Waals surface area contributed by atoms with Gasteiger partial charge in [-0.3, -0.25) is 4.79 Å². The number of aromatic nitrogens is 2.